The van der Waals surface area contributed by atoms with E-state index in [0.717, 1.165) is 0 Å². The number of methoxy groups -OCH3 is 2. The molecule has 0 aliphatic carbocycles. The number of aliphatic hydroxyl groups is 2. The number of allylic oxidation sites excluding steroid dienone is 2. The number of ether oxygens (including phenoxy) is 5. The fourth-order valence-electron chi connectivity index (χ4n) is 8.17. The summed E-state index contributed by atoms with van der Waals surface area (Å²) in [6.07, 6.45) is 3.57. The molecule has 3 aromatic rings. The summed E-state index contributed by atoms with van der Waals surface area (Å²) in [6, 6.07) is 0. The first-order valence-corrected chi connectivity index (χ1v) is 19.1. The van der Waals surface area contributed by atoms with E-state index in [1.165, 1.54) is 60.3 Å². The molecule has 0 saturated carbocycles. The van der Waals surface area contributed by atoms with E-state index in [1.807, 2.05) is 0 Å². The number of carbonyl (C=O) groups is 4. The van der Waals surface area contributed by atoms with Crippen LogP contribution in [-0.2, 0) is 35.6 Å². The molecule has 58 heavy (non-hydrogen) atoms. The summed E-state index contributed by atoms with van der Waals surface area (Å²) in [5.41, 5.74) is 0.572. The van der Waals surface area contributed by atoms with Gasteiger partial charge >= 0.3 is 17.7 Å². The van der Waals surface area contributed by atoms with Crippen LogP contribution in [0.4, 0.5) is 5.69 Å². The number of aryl methyl sites for hydroxylation is 1. The van der Waals surface area contributed by atoms with Gasteiger partial charge in [-0.3, -0.25) is 14.4 Å². The zero-order chi connectivity index (χ0) is 43.3. The number of benzene rings is 2. The normalized spacial score (nSPS) is 30.3. The van der Waals surface area contributed by atoms with Gasteiger partial charge in [-0.2, -0.15) is 0 Å². The molecule has 5 N–H and O–H groups in total. The molecule has 314 valence electrons. The molecule has 1 amide bonds. The van der Waals surface area contributed by atoms with Crippen LogP contribution in [0.1, 0.15) is 80.4 Å². The van der Waals surface area contributed by atoms with Crippen molar-refractivity contribution in [2.75, 3.05) is 19.5 Å². The molecule has 1 aromatic heterocycles. The van der Waals surface area contributed by atoms with Gasteiger partial charge in [0.25, 0.3) is 11.7 Å². The summed E-state index contributed by atoms with van der Waals surface area (Å²) in [4.78, 5) is 54.2. The van der Waals surface area contributed by atoms with Crippen molar-refractivity contribution in [3.05, 3.63) is 58.5 Å². The highest BCUT2D eigenvalue weighted by Gasteiger charge is 2.50. The van der Waals surface area contributed by atoms with E-state index in [1.54, 1.807) is 58.4 Å². The van der Waals surface area contributed by atoms with Crippen LogP contribution >= 0.6 is 0 Å². The second-order valence-corrected chi connectivity index (χ2v) is 15.6. The summed E-state index contributed by atoms with van der Waals surface area (Å²) in [5, 5.41) is 49.3. The Hall–Kier alpha value is -5.38. The Bertz CT molecular complexity index is 2270. The lowest BCUT2D eigenvalue weighted by Gasteiger charge is -2.38. The van der Waals surface area contributed by atoms with Crippen LogP contribution in [0.25, 0.3) is 21.7 Å². The zero-order valence-electron chi connectivity index (χ0n) is 34.9. The maximum Gasteiger partial charge on any atom is 0.340 e. The minimum atomic E-state index is -2.02. The van der Waals surface area contributed by atoms with Gasteiger partial charge in [0.15, 0.2) is 5.75 Å². The molecule has 4 bridgehead atoms. The van der Waals surface area contributed by atoms with Crippen molar-refractivity contribution in [2.24, 2.45) is 30.7 Å². The van der Waals surface area contributed by atoms with Gasteiger partial charge in [-0.25, -0.2) is 4.79 Å². The number of esters is 2. The Morgan fingerprint density at radius 3 is 2.17 bits per heavy atom. The van der Waals surface area contributed by atoms with E-state index in [9.17, 15) is 39.6 Å². The van der Waals surface area contributed by atoms with Gasteiger partial charge < -0.3 is 54.0 Å². The molecule has 2 aliphatic heterocycles. The first kappa shape index (κ1) is 43.7. The molecule has 0 radical (unpaired) electrons. The van der Waals surface area contributed by atoms with Gasteiger partial charge in [0.1, 0.15) is 17.6 Å². The lowest BCUT2D eigenvalue weighted by molar-refractivity contribution is -0.160. The molecule has 0 saturated heterocycles. The molecular weight excluding hydrogens is 752 g/mol. The number of aromatic nitrogens is 1. The largest absolute Gasteiger partial charge is 0.507 e. The predicted octanol–water partition coefficient (Wildman–Crippen LogP) is 5.64. The third-order valence-corrected chi connectivity index (χ3v) is 11.8. The lowest BCUT2D eigenvalue weighted by Crippen LogP contribution is -2.46. The van der Waals surface area contributed by atoms with E-state index in [2.05, 4.69) is 5.32 Å². The number of aromatic hydroxyl groups is 2. The fourth-order valence-corrected chi connectivity index (χ4v) is 8.17. The molecule has 2 aliphatic rings. The van der Waals surface area contributed by atoms with E-state index >= 15 is 0 Å². The molecule has 9 atom stereocenters. The third kappa shape index (κ3) is 7.30. The standard InChI is InChI=1S/C43H54N2O13/c1-18-14-13-15-19(2)41(52)44-32-29-27(42(53)55-12)24(7)45(10)33(29)28-30(37(32)50)36(49)23(6)39-31(28)40(51)43(9,58-39)56-17-16-26(54-11)20(3)38(57-25(8)46)22(5)35(48)21(4)34(18)47/h13-18,20-22,26,34-35,38,47-50H,1-12H3,(H,44,52)/b14-13-,17-16+,19-15+. The van der Waals surface area contributed by atoms with Crippen molar-refractivity contribution in [1.29, 1.82) is 0 Å². The topological polar surface area (TPSA) is 212 Å². The number of fused-ring (bicyclic) bond motifs is 1. The van der Waals surface area contributed by atoms with E-state index < -0.39 is 89.0 Å². The number of phenols is 2. The number of rotatable bonds is 3. The average Bonchev–Trinajstić information content (AvgIpc) is 3.60. The minimum Gasteiger partial charge on any atom is -0.507 e. The highest BCUT2D eigenvalue weighted by atomic mass is 16.7. The minimum absolute atomic E-state index is 0.00202. The second kappa shape index (κ2) is 16.5. The highest BCUT2D eigenvalue weighted by Crippen LogP contribution is 2.55. The highest BCUT2D eigenvalue weighted by molar-refractivity contribution is 6.31. The van der Waals surface area contributed by atoms with E-state index in [0.29, 0.717) is 5.69 Å². The summed E-state index contributed by atoms with van der Waals surface area (Å²) in [6.45, 7) is 14.2. The van der Waals surface area contributed by atoms with Crippen molar-refractivity contribution in [2.45, 2.75) is 92.5 Å². The molecule has 2 aromatic carbocycles. The van der Waals surface area contributed by atoms with Crippen LogP contribution in [0, 0.1) is 37.5 Å². The molecule has 9 unspecified atom stereocenters. The van der Waals surface area contributed by atoms with Crippen LogP contribution in [0.15, 0.2) is 36.1 Å². The van der Waals surface area contributed by atoms with Gasteiger partial charge in [0.2, 0.25) is 0 Å². The van der Waals surface area contributed by atoms with Gasteiger partial charge in [-0.05, 0) is 26.8 Å². The Labute approximate surface area is 336 Å². The lowest BCUT2D eigenvalue weighted by atomic mass is 9.78. The van der Waals surface area contributed by atoms with Crippen LogP contribution in [-0.4, -0.2) is 93.0 Å². The number of amides is 1. The first-order valence-electron chi connectivity index (χ1n) is 19.1. The summed E-state index contributed by atoms with van der Waals surface area (Å²) in [7, 11) is 4.26. The number of nitrogens with one attached hydrogen (secondary N) is 1. The van der Waals surface area contributed by atoms with Crippen molar-refractivity contribution in [3.63, 3.8) is 0 Å². The van der Waals surface area contributed by atoms with E-state index in [-0.39, 0.29) is 55.4 Å². The van der Waals surface area contributed by atoms with E-state index in [4.69, 9.17) is 23.7 Å². The predicted molar refractivity (Wildman–Crippen MR) is 215 cm³/mol. The number of aliphatic hydroxyl groups excluding tert-OH is 2. The Morgan fingerprint density at radius 1 is 0.914 bits per heavy atom. The third-order valence-electron chi connectivity index (χ3n) is 11.8. The molecular formula is C43H54N2O13. The smallest absolute Gasteiger partial charge is 0.340 e. The van der Waals surface area contributed by atoms with Crippen molar-refractivity contribution in [3.8, 4) is 17.2 Å². The average molecular weight is 807 g/mol. The molecule has 0 spiro atoms. The van der Waals surface area contributed by atoms with Crippen molar-refractivity contribution in [1.82, 2.24) is 4.57 Å². The molecule has 5 rings (SSSR count). The molecule has 15 nitrogen and oxygen atoms in total. The Balaban J connectivity index is 1.80. The number of carbonyl (C=O) groups excluding carboxylic acids is 4. The number of anilines is 1. The second-order valence-electron chi connectivity index (χ2n) is 15.6. The maximum atomic E-state index is 14.6. The van der Waals surface area contributed by atoms with Gasteiger partial charge in [-0.1, -0.05) is 45.9 Å². The Kier molecular flexibility index (Phi) is 12.4. The van der Waals surface area contributed by atoms with Crippen molar-refractivity contribution < 1.29 is 63.3 Å². The summed E-state index contributed by atoms with van der Waals surface area (Å²) in [5.74, 6) is -8.34. The molecule has 0 fully saturated rings. The monoisotopic (exact) mass is 806 g/mol. The van der Waals surface area contributed by atoms with Gasteiger partial charge in [-0.15, -0.1) is 0 Å². The van der Waals surface area contributed by atoms with Crippen molar-refractivity contribution >= 4 is 51.0 Å². The number of ketones is 1. The number of Topliss-reactive ketones (excluding diaryl/α,β-unsaturated/α-hetero) is 1. The maximum absolute atomic E-state index is 14.6. The van der Waals surface area contributed by atoms with Crippen LogP contribution < -0.4 is 10.1 Å². The number of nitrogens with zero attached hydrogens (tertiary/aromatic N) is 1. The van der Waals surface area contributed by atoms with Crippen LogP contribution in [0.3, 0.4) is 0 Å². The van der Waals surface area contributed by atoms with Gasteiger partial charge in [0, 0.05) is 79.3 Å². The summed E-state index contributed by atoms with van der Waals surface area (Å²) >= 11 is 0. The SMILES string of the molecule is COC(=O)c1c(C)n(C)c2c1c1c(O)c3c(O)c(C)c4c(c32)C(=O)C(C)(O/C=C/C(OC)C(C)C(OC(C)=O)C(C)C(O)C(C)C(O)C(C)/C=C\C=C(/C)C(=O)N1)O4. The fraction of sp³-hybridized carbons (Fsp3) is 0.488. The first-order chi connectivity index (χ1) is 27.1. The zero-order valence-corrected chi connectivity index (χ0v) is 34.9. The van der Waals surface area contributed by atoms with Crippen LogP contribution in [0.2, 0.25) is 0 Å². The number of hydrogen-bond acceptors (Lipinski definition) is 13. The molecule has 3 heterocycles. The van der Waals surface area contributed by atoms with Crippen LogP contribution in [0.5, 0.6) is 17.2 Å². The molecule has 15 heteroatoms. The Morgan fingerprint density at radius 2 is 1.57 bits per heavy atom. The summed E-state index contributed by atoms with van der Waals surface area (Å²) < 4.78 is 30.5. The van der Waals surface area contributed by atoms with Gasteiger partial charge in [0.05, 0.1) is 59.4 Å². The quantitative estimate of drug-likeness (QED) is 0.161. The number of hydrogen-bond donors (Lipinski definition) is 5. The number of phenolic OH excluding ortho intramolecular Hbond substituents is 2.